The Morgan fingerprint density at radius 3 is 2.40 bits per heavy atom. The zero-order chi connectivity index (χ0) is 20.7. The van der Waals surface area contributed by atoms with E-state index < -0.39 is 0 Å². The lowest BCUT2D eigenvalue weighted by molar-refractivity contribution is -0.142. The van der Waals surface area contributed by atoms with Gasteiger partial charge in [-0.1, -0.05) is 37.1 Å². The van der Waals surface area contributed by atoms with E-state index in [2.05, 4.69) is 10.3 Å². The monoisotopic (exact) mass is 419 g/mol. The number of carbonyl (C=O) groups is 3. The summed E-state index contributed by atoms with van der Waals surface area (Å²) in [5.74, 6) is -1.24. The van der Waals surface area contributed by atoms with Gasteiger partial charge in [-0.15, -0.1) is 11.3 Å². The van der Waals surface area contributed by atoms with Gasteiger partial charge < -0.3 is 5.32 Å². The van der Waals surface area contributed by atoms with Gasteiger partial charge >= 0.3 is 0 Å². The Balaban J connectivity index is 1.36. The molecule has 1 saturated heterocycles. The molecule has 3 amide bonds. The number of hydrogen-bond acceptors (Lipinski definition) is 5. The molecule has 3 aromatic rings. The highest BCUT2D eigenvalue weighted by molar-refractivity contribution is 7.21. The van der Waals surface area contributed by atoms with Crippen molar-refractivity contribution in [3.8, 4) is 10.6 Å². The van der Waals surface area contributed by atoms with Gasteiger partial charge in [0.2, 0.25) is 17.7 Å². The smallest absolute Gasteiger partial charge is 0.244 e. The van der Waals surface area contributed by atoms with Gasteiger partial charge in [0, 0.05) is 5.56 Å². The highest BCUT2D eigenvalue weighted by Crippen LogP contribution is 2.38. The minimum absolute atomic E-state index is 0.195. The molecule has 2 unspecified atom stereocenters. The molecule has 30 heavy (non-hydrogen) atoms. The van der Waals surface area contributed by atoms with E-state index in [-0.39, 0.29) is 36.1 Å². The largest absolute Gasteiger partial charge is 0.324 e. The molecule has 1 saturated carbocycles. The Labute approximate surface area is 177 Å². The summed E-state index contributed by atoms with van der Waals surface area (Å²) in [7, 11) is 0. The fourth-order valence-electron chi connectivity index (χ4n) is 4.49. The number of likely N-dealkylation sites (tertiary alicyclic amines) is 1. The van der Waals surface area contributed by atoms with Crippen LogP contribution < -0.4 is 5.32 Å². The quantitative estimate of drug-likeness (QED) is 0.647. The molecule has 152 valence electrons. The summed E-state index contributed by atoms with van der Waals surface area (Å²) in [6.07, 6.45) is 3.42. The molecular weight excluding hydrogens is 398 g/mol. The number of anilines is 1. The highest BCUT2D eigenvalue weighted by atomic mass is 32.1. The van der Waals surface area contributed by atoms with Gasteiger partial charge in [-0.2, -0.15) is 0 Å². The van der Waals surface area contributed by atoms with Crippen LogP contribution in [0.25, 0.3) is 20.8 Å². The molecule has 2 fully saturated rings. The van der Waals surface area contributed by atoms with Gasteiger partial charge in [0.15, 0.2) is 0 Å². The fraction of sp³-hybridized carbons (Fsp3) is 0.304. The summed E-state index contributed by atoms with van der Waals surface area (Å²) >= 11 is 1.56. The lowest BCUT2D eigenvalue weighted by Gasteiger charge is -2.19. The van der Waals surface area contributed by atoms with Crippen LogP contribution in [0.2, 0.25) is 0 Å². The number of amides is 3. The van der Waals surface area contributed by atoms with Gasteiger partial charge in [0.25, 0.3) is 0 Å². The zero-order valence-corrected chi connectivity index (χ0v) is 17.2. The van der Waals surface area contributed by atoms with Crippen molar-refractivity contribution in [1.29, 1.82) is 0 Å². The summed E-state index contributed by atoms with van der Waals surface area (Å²) < 4.78 is 1.07. The van der Waals surface area contributed by atoms with Crippen LogP contribution in [0, 0.1) is 11.8 Å². The number of nitrogens with zero attached hydrogens (tertiary/aromatic N) is 2. The Morgan fingerprint density at radius 1 is 1.00 bits per heavy atom. The summed E-state index contributed by atoms with van der Waals surface area (Å²) in [5, 5.41) is 3.70. The Bertz CT molecular complexity index is 1100. The van der Waals surface area contributed by atoms with Crippen LogP contribution in [0.5, 0.6) is 0 Å². The van der Waals surface area contributed by atoms with Crippen molar-refractivity contribution in [3.05, 3.63) is 48.5 Å². The number of fused-ring (bicyclic) bond motifs is 2. The van der Waals surface area contributed by atoms with Crippen molar-refractivity contribution in [3.63, 3.8) is 0 Å². The van der Waals surface area contributed by atoms with Crippen LogP contribution in [0.15, 0.2) is 48.5 Å². The molecule has 0 bridgehead atoms. The van der Waals surface area contributed by atoms with Crippen LogP contribution >= 0.6 is 11.3 Å². The Hall–Kier alpha value is -3.06. The summed E-state index contributed by atoms with van der Waals surface area (Å²) in [6.45, 7) is -0.237. The molecule has 1 aliphatic heterocycles. The molecule has 5 rings (SSSR count). The SMILES string of the molecule is O=C(CN1C(=O)C2CCCCC2C1=O)Nc1ccccc1-c1nc2ccccc2s1. The maximum absolute atomic E-state index is 12.7. The van der Waals surface area contributed by atoms with E-state index in [4.69, 9.17) is 0 Å². The molecule has 2 heterocycles. The lowest BCUT2D eigenvalue weighted by atomic mass is 9.81. The van der Waals surface area contributed by atoms with E-state index in [1.807, 2.05) is 48.5 Å². The molecule has 1 N–H and O–H groups in total. The van der Waals surface area contributed by atoms with Gasteiger partial charge in [0.1, 0.15) is 11.6 Å². The number of carbonyl (C=O) groups excluding carboxylic acids is 3. The first-order valence-corrected chi connectivity index (χ1v) is 11.0. The molecule has 1 aliphatic carbocycles. The molecule has 0 spiro atoms. The number of imide groups is 1. The van der Waals surface area contributed by atoms with E-state index >= 15 is 0 Å². The van der Waals surface area contributed by atoms with Gasteiger partial charge in [-0.3, -0.25) is 19.3 Å². The molecular formula is C23H21N3O3S. The molecule has 2 aromatic carbocycles. The van der Waals surface area contributed by atoms with Gasteiger partial charge in [0.05, 0.1) is 27.7 Å². The van der Waals surface area contributed by atoms with Crippen molar-refractivity contribution in [2.24, 2.45) is 11.8 Å². The van der Waals surface area contributed by atoms with Crippen LogP contribution in [-0.2, 0) is 14.4 Å². The average Bonchev–Trinajstić information content (AvgIpc) is 3.30. The first kappa shape index (κ1) is 18.9. The number of rotatable bonds is 4. The van der Waals surface area contributed by atoms with Crippen LogP contribution in [0.1, 0.15) is 25.7 Å². The number of para-hydroxylation sites is 2. The third-order valence-electron chi connectivity index (χ3n) is 5.96. The second-order valence-corrected chi connectivity index (χ2v) is 8.87. The summed E-state index contributed by atoms with van der Waals surface area (Å²) in [5.41, 5.74) is 2.35. The van der Waals surface area contributed by atoms with Crippen LogP contribution in [-0.4, -0.2) is 34.2 Å². The highest BCUT2D eigenvalue weighted by Gasteiger charge is 2.48. The number of nitrogens with one attached hydrogen (secondary N) is 1. The minimum atomic E-state index is -0.371. The van der Waals surface area contributed by atoms with Crippen molar-refractivity contribution < 1.29 is 14.4 Å². The number of aromatic nitrogens is 1. The van der Waals surface area contributed by atoms with E-state index in [9.17, 15) is 14.4 Å². The minimum Gasteiger partial charge on any atom is -0.324 e. The predicted octanol–water partition coefficient (Wildman–Crippen LogP) is 4.08. The van der Waals surface area contributed by atoms with Crippen molar-refractivity contribution >= 4 is 45.0 Å². The molecule has 0 radical (unpaired) electrons. The Morgan fingerprint density at radius 2 is 1.67 bits per heavy atom. The Kier molecular flexibility index (Phi) is 4.83. The number of hydrogen-bond donors (Lipinski definition) is 1. The first-order chi connectivity index (χ1) is 14.6. The van der Waals surface area contributed by atoms with E-state index in [1.54, 1.807) is 11.3 Å². The molecule has 2 atom stereocenters. The first-order valence-electron chi connectivity index (χ1n) is 10.2. The van der Waals surface area contributed by atoms with Crippen LogP contribution in [0.4, 0.5) is 5.69 Å². The van der Waals surface area contributed by atoms with Gasteiger partial charge in [-0.05, 0) is 37.1 Å². The maximum Gasteiger partial charge on any atom is 0.244 e. The zero-order valence-electron chi connectivity index (χ0n) is 16.3. The van der Waals surface area contributed by atoms with Crippen molar-refractivity contribution in [1.82, 2.24) is 9.88 Å². The predicted molar refractivity (Wildman–Crippen MR) is 116 cm³/mol. The topological polar surface area (TPSA) is 79.4 Å². The standard InChI is InChI=1S/C23H21N3O3S/c27-20(13-26-22(28)14-7-1-2-8-15(14)23(26)29)24-17-10-4-3-9-16(17)21-25-18-11-5-6-12-19(18)30-21/h3-6,9-12,14-15H,1-2,7-8,13H2,(H,24,27). The van der Waals surface area contributed by atoms with Gasteiger partial charge in [-0.25, -0.2) is 4.98 Å². The van der Waals surface area contributed by atoms with E-state index in [0.717, 1.165) is 51.4 Å². The maximum atomic E-state index is 12.7. The molecule has 7 heteroatoms. The molecule has 1 aromatic heterocycles. The molecule has 6 nitrogen and oxygen atoms in total. The second-order valence-electron chi connectivity index (χ2n) is 7.84. The molecule has 2 aliphatic rings. The lowest BCUT2D eigenvalue weighted by Crippen LogP contribution is -2.38. The summed E-state index contributed by atoms with van der Waals surface area (Å²) in [6, 6.07) is 15.4. The number of thiazole rings is 1. The van der Waals surface area contributed by atoms with Crippen LogP contribution in [0.3, 0.4) is 0 Å². The van der Waals surface area contributed by atoms with E-state index in [0.29, 0.717) is 5.69 Å². The average molecular weight is 420 g/mol. The second kappa shape index (κ2) is 7.65. The van der Waals surface area contributed by atoms with E-state index in [1.165, 1.54) is 0 Å². The van der Waals surface area contributed by atoms with Crippen molar-refractivity contribution in [2.45, 2.75) is 25.7 Å². The van der Waals surface area contributed by atoms with Crippen molar-refractivity contribution in [2.75, 3.05) is 11.9 Å². The normalized spacial score (nSPS) is 21.1. The third kappa shape index (κ3) is 3.29. The number of benzene rings is 2. The third-order valence-corrected chi connectivity index (χ3v) is 7.03. The summed E-state index contributed by atoms with van der Waals surface area (Å²) in [4.78, 5) is 43.9. The fourth-order valence-corrected chi connectivity index (χ4v) is 5.49.